The highest BCUT2D eigenvalue weighted by atomic mass is 79.9. The van der Waals surface area contributed by atoms with E-state index in [0.717, 1.165) is 32.8 Å². The molecule has 0 spiro atoms. The molecule has 0 bridgehead atoms. The van der Waals surface area contributed by atoms with Gasteiger partial charge in [-0.15, -0.1) is 0 Å². The molecule has 1 N–H and O–H groups in total. The molecule has 2 rings (SSSR count). The molecule has 0 amide bonds. The summed E-state index contributed by atoms with van der Waals surface area (Å²) in [7, 11) is 0. The van der Waals surface area contributed by atoms with Gasteiger partial charge < -0.3 is 5.11 Å². The number of aromatic nitrogens is 2. The Labute approximate surface area is 132 Å². The van der Waals surface area contributed by atoms with E-state index in [4.69, 9.17) is 5.11 Å². The van der Waals surface area contributed by atoms with Crippen molar-refractivity contribution >= 4 is 21.9 Å². The SMILES string of the molecule is Cc1nc(Cc2ccccc2Br)nc(C)c1CCC(=O)O. The molecule has 0 saturated carbocycles. The van der Waals surface area contributed by atoms with Gasteiger partial charge in [-0.25, -0.2) is 9.97 Å². The van der Waals surface area contributed by atoms with Crippen molar-refractivity contribution in [2.75, 3.05) is 0 Å². The molecular weight excluding hydrogens is 332 g/mol. The minimum Gasteiger partial charge on any atom is -0.481 e. The van der Waals surface area contributed by atoms with Crippen LogP contribution in [0.3, 0.4) is 0 Å². The van der Waals surface area contributed by atoms with E-state index in [1.54, 1.807) is 0 Å². The lowest BCUT2D eigenvalue weighted by Gasteiger charge is -2.10. The molecule has 0 aliphatic rings. The molecule has 5 heteroatoms. The molecule has 0 saturated heterocycles. The number of halogens is 1. The van der Waals surface area contributed by atoms with E-state index < -0.39 is 5.97 Å². The molecule has 1 aromatic heterocycles. The molecule has 0 radical (unpaired) electrons. The summed E-state index contributed by atoms with van der Waals surface area (Å²) in [6.45, 7) is 3.82. The highest BCUT2D eigenvalue weighted by Crippen LogP contribution is 2.20. The molecule has 1 aromatic carbocycles. The van der Waals surface area contributed by atoms with Gasteiger partial charge in [0.25, 0.3) is 0 Å². The summed E-state index contributed by atoms with van der Waals surface area (Å²) >= 11 is 3.53. The van der Waals surface area contributed by atoms with Gasteiger partial charge in [-0.3, -0.25) is 4.79 Å². The summed E-state index contributed by atoms with van der Waals surface area (Å²) < 4.78 is 1.04. The van der Waals surface area contributed by atoms with Gasteiger partial charge in [0.1, 0.15) is 5.82 Å². The lowest BCUT2D eigenvalue weighted by Crippen LogP contribution is -2.08. The van der Waals surface area contributed by atoms with Gasteiger partial charge in [-0.05, 0) is 37.5 Å². The Balaban J connectivity index is 2.23. The van der Waals surface area contributed by atoms with Gasteiger partial charge in [0.2, 0.25) is 0 Å². The number of carbonyl (C=O) groups is 1. The first kappa shape index (κ1) is 15.6. The lowest BCUT2D eigenvalue weighted by atomic mass is 10.1. The second-order valence-corrected chi connectivity index (χ2v) is 5.81. The Morgan fingerprint density at radius 2 is 1.81 bits per heavy atom. The van der Waals surface area contributed by atoms with E-state index in [9.17, 15) is 4.79 Å². The number of rotatable bonds is 5. The van der Waals surface area contributed by atoms with Crippen LogP contribution in [0.1, 0.15) is 34.8 Å². The molecule has 0 fully saturated rings. The van der Waals surface area contributed by atoms with Gasteiger partial charge in [-0.2, -0.15) is 0 Å². The highest BCUT2D eigenvalue weighted by molar-refractivity contribution is 9.10. The van der Waals surface area contributed by atoms with Crippen LogP contribution in [-0.4, -0.2) is 21.0 Å². The molecule has 0 aliphatic heterocycles. The van der Waals surface area contributed by atoms with Crippen molar-refractivity contribution in [1.82, 2.24) is 9.97 Å². The third-order valence-electron chi connectivity index (χ3n) is 3.36. The van der Waals surface area contributed by atoms with Crippen molar-refractivity contribution < 1.29 is 9.90 Å². The smallest absolute Gasteiger partial charge is 0.303 e. The molecule has 110 valence electrons. The Morgan fingerprint density at radius 1 is 1.19 bits per heavy atom. The van der Waals surface area contributed by atoms with E-state index in [1.165, 1.54) is 0 Å². The average Bonchev–Trinajstić information content (AvgIpc) is 2.40. The van der Waals surface area contributed by atoms with Gasteiger partial charge in [-0.1, -0.05) is 34.1 Å². The van der Waals surface area contributed by atoms with Crippen LogP contribution in [0.2, 0.25) is 0 Å². The first-order valence-electron chi connectivity index (χ1n) is 6.75. The van der Waals surface area contributed by atoms with Crippen molar-refractivity contribution in [1.29, 1.82) is 0 Å². The predicted octanol–water partition coefficient (Wildman–Crippen LogP) is 3.46. The van der Waals surface area contributed by atoms with Gasteiger partial charge in [0, 0.05) is 28.7 Å². The summed E-state index contributed by atoms with van der Waals surface area (Å²) in [4.78, 5) is 19.7. The first-order chi connectivity index (χ1) is 9.97. The Kier molecular flexibility index (Phi) is 5.07. The third-order valence-corrected chi connectivity index (χ3v) is 4.14. The Bertz CT molecular complexity index is 648. The van der Waals surface area contributed by atoms with E-state index >= 15 is 0 Å². The second kappa shape index (κ2) is 6.80. The third kappa shape index (κ3) is 4.11. The number of nitrogens with zero attached hydrogens (tertiary/aromatic N) is 2. The Hall–Kier alpha value is -1.75. The number of carboxylic acids is 1. The highest BCUT2D eigenvalue weighted by Gasteiger charge is 2.11. The van der Waals surface area contributed by atoms with Crippen LogP contribution in [0.15, 0.2) is 28.7 Å². The second-order valence-electron chi connectivity index (χ2n) is 4.95. The van der Waals surface area contributed by atoms with E-state index in [2.05, 4.69) is 25.9 Å². The Morgan fingerprint density at radius 3 is 2.38 bits per heavy atom. The van der Waals surface area contributed by atoms with Crippen molar-refractivity contribution in [3.8, 4) is 0 Å². The van der Waals surface area contributed by atoms with Crippen LogP contribution in [-0.2, 0) is 17.6 Å². The number of benzene rings is 1. The van der Waals surface area contributed by atoms with E-state index in [0.29, 0.717) is 12.8 Å². The summed E-state index contributed by atoms with van der Waals surface area (Å²) in [6, 6.07) is 7.99. The van der Waals surface area contributed by atoms with Crippen molar-refractivity contribution in [2.45, 2.75) is 33.1 Å². The summed E-state index contributed by atoms with van der Waals surface area (Å²) in [5.41, 5.74) is 3.81. The van der Waals surface area contributed by atoms with Crippen LogP contribution in [0, 0.1) is 13.8 Å². The zero-order chi connectivity index (χ0) is 15.4. The van der Waals surface area contributed by atoms with Crippen molar-refractivity contribution in [3.63, 3.8) is 0 Å². The van der Waals surface area contributed by atoms with Crippen LogP contribution in [0.5, 0.6) is 0 Å². The number of carboxylic acid groups (broad SMARTS) is 1. The molecule has 1 heterocycles. The average molecular weight is 349 g/mol. The number of aryl methyl sites for hydroxylation is 2. The minimum absolute atomic E-state index is 0.106. The minimum atomic E-state index is -0.800. The molecule has 0 aliphatic carbocycles. The first-order valence-corrected chi connectivity index (χ1v) is 7.55. The maximum atomic E-state index is 10.7. The fraction of sp³-hybridized carbons (Fsp3) is 0.312. The monoisotopic (exact) mass is 348 g/mol. The number of hydrogen-bond acceptors (Lipinski definition) is 3. The molecule has 4 nitrogen and oxygen atoms in total. The zero-order valence-electron chi connectivity index (χ0n) is 12.1. The van der Waals surface area contributed by atoms with Crippen LogP contribution in [0.25, 0.3) is 0 Å². The molecule has 0 unspecified atom stereocenters. The maximum Gasteiger partial charge on any atom is 0.303 e. The standard InChI is InChI=1S/C16H17BrN2O2/c1-10-13(7-8-16(20)21)11(2)19-15(18-10)9-12-5-3-4-6-14(12)17/h3-6H,7-9H2,1-2H3,(H,20,21). The van der Waals surface area contributed by atoms with Gasteiger partial charge in [0.15, 0.2) is 0 Å². The van der Waals surface area contributed by atoms with Crippen molar-refractivity contribution in [2.24, 2.45) is 0 Å². The fourth-order valence-electron chi connectivity index (χ4n) is 2.29. The predicted molar refractivity (Wildman–Crippen MR) is 84.4 cm³/mol. The molecule has 2 aromatic rings. The van der Waals surface area contributed by atoms with E-state index in [-0.39, 0.29) is 6.42 Å². The quantitative estimate of drug-likeness (QED) is 0.898. The van der Waals surface area contributed by atoms with Crippen LogP contribution >= 0.6 is 15.9 Å². The molecular formula is C16H17BrN2O2. The largest absolute Gasteiger partial charge is 0.481 e. The normalized spacial score (nSPS) is 10.6. The fourth-order valence-corrected chi connectivity index (χ4v) is 2.72. The number of hydrogen-bond donors (Lipinski definition) is 1. The van der Waals surface area contributed by atoms with Gasteiger partial charge in [0.05, 0.1) is 0 Å². The molecule has 21 heavy (non-hydrogen) atoms. The summed E-state index contributed by atoms with van der Waals surface area (Å²) in [6.07, 6.45) is 1.24. The van der Waals surface area contributed by atoms with Gasteiger partial charge >= 0.3 is 5.97 Å². The van der Waals surface area contributed by atoms with Crippen molar-refractivity contribution in [3.05, 3.63) is 57.1 Å². The lowest BCUT2D eigenvalue weighted by molar-refractivity contribution is -0.136. The zero-order valence-corrected chi connectivity index (χ0v) is 13.6. The topological polar surface area (TPSA) is 63.1 Å². The number of aliphatic carboxylic acids is 1. The maximum absolute atomic E-state index is 10.7. The van der Waals surface area contributed by atoms with Crippen LogP contribution in [0.4, 0.5) is 0 Å². The van der Waals surface area contributed by atoms with E-state index in [1.807, 2.05) is 38.1 Å². The van der Waals surface area contributed by atoms with Crippen LogP contribution < -0.4 is 0 Å². The summed E-state index contributed by atoms with van der Waals surface area (Å²) in [5, 5.41) is 8.79. The summed E-state index contributed by atoms with van der Waals surface area (Å²) in [5.74, 6) is -0.0398. The molecule has 0 atom stereocenters.